The molecule has 1 aliphatic rings. The number of anilines is 1. The molecule has 31 heavy (non-hydrogen) atoms. The number of carbonyl (C=O) groups excluding carboxylic acids is 1. The predicted octanol–water partition coefficient (Wildman–Crippen LogP) is 2.99. The summed E-state index contributed by atoms with van der Waals surface area (Å²) < 4.78 is 46.7. The van der Waals surface area contributed by atoms with Crippen molar-refractivity contribution in [2.24, 2.45) is 0 Å². The third-order valence-corrected chi connectivity index (χ3v) is 7.55. The third-order valence-electron chi connectivity index (χ3n) is 4.77. The van der Waals surface area contributed by atoms with Crippen molar-refractivity contribution in [3.8, 4) is 0 Å². The molecule has 4 rings (SSSR count). The molecule has 1 saturated heterocycles. The van der Waals surface area contributed by atoms with E-state index in [0.717, 1.165) is 0 Å². The number of morpholine rings is 1. The number of hydrogen-bond acceptors (Lipinski definition) is 7. The molecule has 0 saturated carbocycles. The first kappa shape index (κ1) is 21.6. The zero-order valence-corrected chi connectivity index (χ0v) is 18.5. The van der Waals surface area contributed by atoms with Gasteiger partial charge in [-0.1, -0.05) is 11.3 Å². The summed E-state index contributed by atoms with van der Waals surface area (Å²) in [6, 6.07) is 9.97. The summed E-state index contributed by atoms with van der Waals surface area (Å²) in [5, 5.41) is 0.406. The second-order valence-corrected chi connectivity index (χ2v) is 10.3. The van der Waals surface area contributed by atoms with Crippen LogP contribution in [0.25, 0.3) is 10.2 Å². The maximum Gasteiger partial charge on any atom is 0.269 e. The fraction of sp³-hybridized carbons (Fsp3) is 0.300. The van der Waals surface area contributed by atoms with Gasteiger partial charge in [-0.15, -0.1) is 0 Å². The Morgan fingerprint density at radius 2 is 1.84 bits per heavy atom. The summed E-state index contributed by atoms with van der Waals surface area (Å²) in [7, 11) is -3.68. The van der Waals surface area contributed by atoms with Crippen LogP contribution < -0.4 is 10.9 Å². The molecule has 1 aromatic heterocycles. The maximum atomic E-state index is 13.3. The molecule has 1 aliphatic heterocycles. The van der Waals surface area contributed by atoms with E-state index < -0.39 is 15.9 Å². The Bertz CT molecular complexity index is 1200. The lowest BCUT2D eigenvalue weighted by Crippen LogP contribution is -2.48. The zero-order valence-electron chi connectivity index (χ0n) is 16.8. The summed E-state index contributed by atoms with van der Waals surface area (Å²) in [6.45, 7) is 4.23. The van der Waals surface area contributed by atoms with Gasteiger partial charge in [0.15, 0.2) is 0 Å². The molecule has 2 N–H and O–H groups in total. The van der Waals surface area contributed by atoms with Gasteiger partial charge in [-0.25, -0.2) is 17.8 Å². The lowest BCUT2D eigenvalue weighted by Gasteiger charge is -2.34. The van der Waals surface area contributed by atoms with Gasteiger partial charge >= 0.3 is 0 Å². The average Bonchev–Trinajstić information content (AvgIpc) is 3.13. The molecule has 11 heteroatoms. The van der Waals surface area contributed by atoms with Gasteiger partial charge in [-0.3, -0.25) is 15.6 Å². The first-order valence-electron chi connectivity index (χ1n) is 9.60. The number of carbonyl (C=O) groups is 1. The van der Waals surface area contributed by atoms with Crippen molar-refractivity contribution in [2.75, 3.05) is 18.5 Å². The van der Waals surface area contributed by atoms with Gasteiger partial charge in [-0.05, 0) is 56.3 Å². The first-order valence-corrected chi connectivity index (χ1v) is 11.9. The Balaban J connectivity index is 1.42. The number of fused-ring (bicyclic) bond motifs is 1. The van der Waals surface area contributed by atoms with Crippen LogP contribution in [0, 0.1) is 5.82 Å². The van der Waals surface area contributed by atoms with Crippen LogP contribution in [-0.2, 0) is 14.8 Å². The molecule has 0 bridgehead atoms. The number of thiazole rings is 1. The lowest BCUT2D eigenvalue weighted by molar-refractivity contribution is -0.0440. The van der Waals surface area contributed by atoms with Crippen molar-refractivity contribution < 1.29 is 22.3 Å². The monoisotopic (exact) mass is 464 g/mol. The van der Waals surface area contributed by atoms with Crippen LogP contribution in [-0.4, -0.2) is 48.9 Å². The second-order valence-electron chi connectivity index (χ2n) is 7.31. The Morgan fingerprint density at radius 3 is 2.52 bits per heavy atom. The van der Waals surface area contributed by atoms with Gasteiger partial charge in [0, 0.05) is 18.7 Å². The number of hydrazine groups is 1. The van der Waals surface area contributed by atoms with Crippen LogP contribution in [0.3, 0.4) is 0 Å². The number of ether oxygens (including phenoxy) is 1. The molecule has 2 aromatic carbocycles. The van der Waals surface area contributed by atoms with Gasteiger partial charge in [0.1, 0.15) is 5.82 Å². The van der Waals surface area contributed by atoms with Gasteiger partial charge < -0.3 is 4.74 Å². The van der Waals surface area contributed by atoms with Crippen molar-refractivity contribution >= 4 is 42.6 Å². The summed E-state index contributed by atoms with van der Waals surface area (Å²) in [6.07, 6.45) is -0.373. The van der Waals surface area contributed by atoms with Gasteiger partial charge in [-0.2, -0.15) is 4.31 Å². The van der Waals surface area contributed by atoms with Gasteiger partial charge in [0.2, 0.25) is 15.2 Å². The Labute approximate surface area is 183 Å². The van der Waals surface area contributed by atoms with Crippen molar-refractivity contribution in [1.82, 2.24) is 14.7 Å². The number of halogens is 1. The molecule has 0 spiro atoms. The number of nitrogens with zero attached hydrogens (tertiary/aromatic N) is 2. The molecular weight excluding hydrogens is 443 g/mol. The zero-order chi connectivity index (χ0) is 22.2. The number of nitrogens with one attached hydrogen (secondary N) is 2. The van der Waals surface area contributed by atoms with E-state index in [1.807, 2.05) is 13.8 Å². The van der Waals surface area contributed by atoms with E-state index in [1.165, 1.54) is 52.0 Å². The number of rotatable bonds is 5. The number of sulfonamides is 1. The highest BCUT2D eigenvalue weighted by Crippen LogP contribution is 2.26. The highest BCUT2D eigenvalue weighted by Gasteiger charge is 2.32. The standard InChI is InChI=1S/C20H21FN4O4S2/c1-12-10-25(11-13(2)29-12)31(27,28)16-6-3-14(4-7-16)19(26)23-24-20-22-17-8-5-15(21)9-18(17)30-20/h3-9,12-13H,10-11H2,1-2H3,(H,22,24)(H,23,26). The molecular formula is C20H21FN4O4S2. The smallest absolute Gasteiger partial charge is 0.269 e. The minimum atomic E-state index is -3.68. The highest BCUT2D eigenvalue weighted by atomic mass is 32.2. The SMILES string of the molecule is CC1CN(S(=O)(=O)c2ccc(C(=O)NNc3nc4ccc(F)cc4s3)cc2)CC(C)O1. The third kappa shape index (κ3) is 4.69. The minimum absolute atomic E-state index is 0.117. The van der Waals surface area contributed by atoms with E-state index in [9.17, 15) is 17.6 Å². The maximum absolute atomic E-state index is 13.3. The van der Waals surface area contributed by atoms with E-state index >= 15 is 0 Å². The fourth-order valence-corrected chi connectivity index (χ4v) is 5.82. The second kappa shape index (κ2) is 8.50. The van der Waals surface area contributed by atoms with Crippen LogP contribution in [0.4, 0.5) is 9.52 Å². The van der Waals surface area contributed by atoms with E-state index in [0.29, 0.717) is 15.3 Å². The van der Waals surface area contributed by atoms with E-state index in [2.05, 4.69) is 15.8 Å². The topological polar surface area (TPSA) is 101 Å². The number of amides is 1. The number of benzene rings is 2. The molecule has 1 fully saturated rings. The lowest BCUT2D eigenvalue weighted by atomic mass is 10.2. The van der Waals surface area contributed by atoms with E-state index in [-0.39, 0.29) is 41.6 Å². The Kier molecular flexibility index (Phi) is 5.93. The van der Waals surface area contributed by atoms with Crippen LogP contribution in [0.5, 0.6) is 0 Å². The normalized spacial score (nSPS) is 20.0. The summed E-state index contributed by atoms with van der Waals surface area (Å²) in [4.78, 5) is 16.8. The van der Waals surface area contributed by atoms with E-state index in [4.69, 9.17) is 4.74 Å². The van der Waals surface area contributed by atoms with Gasteiger partial charge in [0.05, 0.1) is 27.3 Å². The van der Waals surface area contributed by atoms with Crippen LogP contribution in [0.1, 0.15) is 24.2 Å². The highest BCUT2D eigenvalue weighted by molar-refractivity contribution is 7.89. The molecule has 2 unspecified atom stereocenters. The van der Waals surface area contributed by atoms with Crippen molar-refractivity contribution in [3.05, 3.63) is 53.8 Å². The number of aromatic nitrogens is 1. The average molecular weight is 465 g/mol. The quantitative estimate of drug-likeness (QED) is 0.563. The number of hydrogen-bond donors (Lipinski definition) is 2. The summed E-state index contributed by atoms with van der Waals surface area (Å²) in [5.41, 5.74) is 6.11. The van der Waals surface area contributed by atoms with Crippen LogP contribution in [0.2, 0.25) is 0 Å². The van der Waals surface area contributed by atoms with E-state index in [1.54, 1.807) is 6.07 Å². The molecule has 0 aliphatic carbocycles. The van der Waals surface area contributed by atoms with Crippen molar-refractivity contribution in [1.29, 1.82) is 0 Å². The van der Waals surface area contributed by atoms with Crippen LogP contribution in [0.15, 0.2) is 47.4 Å². The van der Waals surface area contributed by atoms with Crippen molar-refractivity contribution in [2.45, 2.75) is 31.0 Å². The Hall–Kier alpha value is -2.60. The predicted molar refractivity (Wildman–Crippen MR) is 116 cm³/mol. The van der Waals surface area contributed by atoms with Crippen molar-refractivity contribution in [3.63, 3.8) is 0 Å². The fourth-order valence-electron chi connectivity index (χ4n) is 3.39. The summed E-state index contributed by atoms with van der Waals surface area (Å²) >= 11 is 1.20. The van der Waals surface area contributed by atoms with Crippen LogP contribution >= 0.6 is 11.3 Å². The molecule has 3 aromatic rings. The first-order chi connectivity index (χ1) is 14.7. The Morgan fingerprint density at radius 1 is 1.16 bits per heavy atom. The molecule has 164 valence electrons. The summed E-state index contributed by atoms with van der Waals surface area (Å²) in [5.74, 6) is -0.814. The molecule has 2 heterocycles. The van der Waals surface area contributed by atoms with Gasteiger partial charge in [0.25, 0.3) is 5.91 Å². The minimum Gasteiger partial charge on any atom is -0.373 e. The molecule has 0 radical (unpaired) electrons. The molecule has 1 amide bonds. The molecule has 8 nitrogen and oxygen atoms in total. The molecule has 2 atom stereocenters. The largest absolute Gasteiger partial charge is 0.373 e.